The van der Waals surface area contributed by atoms with Gasteiger partial charge in [0.1, 0.15) is 0 Å². The second-order valence-electron chi connectivity index (χ2n) is 4.72. The quantitative estimate of drug-likeness (QED) is 0.261. The van der Waals surface area contributed by atoms with Gasteiger partial charge in [0.05, 0.1) is 11.5 Å². The van der Waals surface area contributed by atoms with Crippen LogP contribution in [0.25, 0.3) is 0 Å². The summed E-state index contributed by atoms with van der Waals surface area (Å²) >= 11 is 0. The SMILES string of the molecule is Cc1c(CN=C(N(C)C)N(C)C)cccc1[N+](=O)[O-].I. The van der Waals surface area contributed by atoms with Crippen molar-refractivity contribution < 1.29 is 4.92 Å². The molecule has 0 bridgehead atoms. The summed E-state index contributed by atoms with van der Waals surface area (Å²) in [6.07, 6.45) is 0. The first kappa shape index (κ1) is 18.6. The minimum atomic E-state index is -0.360. The molecule has 0 aliphatic rings. The van der Waals surface area contributed by atoms with Crippen LogP contribution in [-0.4, -0.2) is 48.9 Å². The van der Waals surface area contributed by atoms with E-state index in [9.17, 15) is 10.1 Å². The first-order chi connectivity index (χ1) is 8.84. The zero-order valence-corrected chi connectivity index (χ0v) is 14.8. The van der Waals surface area contributed by atoms with E-state index in [0.29, 0.717) is 12.1 Å². The molecule has 7 heteroatoms. The zero-order valence-electron chi connectivity index (χ0n) is 12.5. The van der Waals surface area contributed by atoms with Gasteiger partial charge in [-0.15, -0.1) is 24.0 Å². The summed E-state index contributed by atoms with van der Waals surface area (Å²) in [5.74, 6) is 0.825. The van der Waals surface area contributed by atoms with Crippen molar-refractivity contribution in [2.45, 2.75) is 13.5 Å². The molecule has 0 saturated heterocycles. The van der Waals surface area contributed by atoms with Crippen molar-refractivity contribution in [1.29, 1.82) is 0 Å². The molecular weight excluding hydrogens is 371 g/mol. The van der Waals surface area contributed by atoms with Crippen molar-refractivity contribution in [1.82, 2.24) is 9.80 Å². The van der Waals surface area contributed by atoms with Gasteiger partial charge in [0.15, 0.2) is 5.96 Å². The summed E-state index contributed by atoms with van der Waals surface area (Å²) in [5.41, 5.74) is 1.69. The van der Waals surface area contributed by atoms with E-state index in [1.54, 1.807) is 13.0 Å². The number of benzene rings is 1. The van der Waals surface area contributed by atoms with Crippen LogP contribution in [0, 0.1) is 17.0 Å². The first-order valence-corrected chi connectivity index (χ1v) is 5.96. The third kappa shape index (κ3) is 4.62. The number of nitro benzene ring substituents is 1. The van der Waals surface area contributed by atoms with Crippen molar-refractivity contribution in [3.63, 3.8) is 0 Å². The number of hydrogen-bond acceptors (Lipinski definition) is 3. The van der Waals surface area contributed by atoms with Gasteiger partial charge in [0, 0.05) is 39.8 Å². The highest BCUT2D eigenvalue weighted by molar-refractivity contribution is 14.0. The van der Waals surface area contributed by atoms with Gasteiger partial charge in [-0.25, -0.2) is 4.99 Å². The largest absolute Gasteiger partial charge is 0.349 e. The van der Waals surface area contributed by atoms with Crippen LogP contribution in [-0.2, 0) is 6.54 Å². The highest BCUT2D eigenvalue weighted by atomic mass is 127. The molecule has 0 heterocycles. The van der Waals surface area contributed by atoms with Crippen LogP contribution in [0.15, 0.2) is 23.2 Å². The molecule has 0 N–H and O–H groups in total. The summed E-state index contributed by atoms with van der Waals surface area (Å²) in [5, 5.41) is 10.9. The van der Waals surface area contributed by atoms with Gasteiger partial charge in [-0.3, -0.25) is 10.1 Å². The summed E-state index contributed by atoms with van der Waals surface area (Å²) in [6.45, 7) is 2.19. The molecular formula is C13H21IN4O2. The Morgan fingerprint density at radius 1 is 1.25 bits per heavy atom. The Morgan fingerprint density at radius 2 is 1.80 bits per heavy atom. The van der Waals surface area contributed by atoms with Gasteiger partial charge in [-0.05, 0) is 12.5 Å². The predicted molar refractivity (Wildman–Crippen MR) is 91.8 cm³/mol. The lowest BCUT2D eigenvalue weighted by Crippen LogP contribution is -2.35. The number of aliphatic imine (C=N–C) groups is 1. The molecule has 0 spiro atoms. The van der Waals surface area contributed by atoms with E-state index in [4.69, 9.17) is 0 Å². The highest BCUT2D eigenvalue weighted by Crippen LogP contribution is 2.21. The molecule has 1 aromatic rings. The second kappa shape index (κ2) is 8.03. The van der Waals surface area contributed by atoms with Crippen LogP contribution in [0.4, 0.5) is 5.69 Å². The van der Waals surface area contributed by atoms with Crippen molar-refractivity contribution >= 4 is 35.6 Å². The summed E-state index contributed by atoms with van der Waals surface area (Å²) in [7, 11) is 7.66. The molecule has 0 aromatic heterocycles. The molecule has 0 aliphatic heterocycles. The monoisotopic (exact) mass is 392 g/mol. The Kier molecular flexibility index (Phi) is 7.48. The van der Waals surface area contributed by atoms with Crippen molar-refractivity contribution in [2.75, 3.05) is 28.2 Å². The van der Waals surface area contributed by atoms with E-state index < -0.39 is 0 Å². The Hall–Kier alpha value is -1.38. The zero-order chi connectivity index (χ0) is 14.6. The van der Waals surface area contributed by atoms with Crippen LogP contribution < -0.4 is 0 Å². The molecule has 0 fully saturated rings. The van der Waals surface area contributed by atoms with Crippen LogP contribution in [0.5, 0.6) is 0 Å². The number of halogens is 1. The molecule has 1 rings (SSSR count). The van der Waals surface area contributed by atoms with Crippen LogP contribution in [0.1, 0.15) is 11.1 Å². The standard InChI is InChI=1S/C13H20N4O2.HI/c1-10-11(7-6-8-12(10)17(18)19)9-14-13(15(2)3)16(4)5;/h6-8H,9H2,1-5H3;1H. The van der Waals surface area contributed by atoms with Crippen molar-refractivity contribution in [2.24, 2.45) is 4.99 Å². The average Bonchev–Trinajstić information content (AvgIpc) is 2.30. The third-order valence-electron chi connectivity index (χ3n) is 2.80. The van der Waals surface area contributed by atoms with Gasteiger partial charge in [0.2, 0.25) is 0 Å². The fourth-order valence-electron chi connectivity index (χ4n) is 1.88. The molecule has 1 aromatic carbocycles. The number of rotatable bonds is 3. The van der Waals surface area contributed by atoms with E-state index in [2.05, 4.69) is 4.99 Å². The molecule has 0 radical (unpaired) electrons. The van der Waals surface area contributed by atoms with Crippen LogP contribution in [0.2, 0.25) is 0 Å². The maximum Gasteiger partial charge on any atom is 0.272 e. The van der Waals surface area contributed by atoms with Crippen molar-refractivity contribution in [3.05, 3.63) is 39.4 Å². The Morgan fingerprint density at radius 3 is 2.25 bits per heavy atom. The molecule has 6 nitrogen and oxygen atoms in total. The maximum atomic E-state index is 10.9. The molecule has 0 unspecified atom stereocenters. The van der Waals surface area contributed by atoms with Gasteiger partial charge in [-0.1, -0.05) is 12.1 Å². The highest BCUT2D eigenvalue weighted by Gasteiger charge is 2.13. The number of hydrogen-bond donors (Lipinski definition) is 0. The van der Waals surface area contributed by atoms with E-state index in [0.717, 1.165) is 11.5 Å². The van der Waals surface area contributed by atoms with Gasteiger partial charge < -0.3 is 9.80 Å². The molecule has 0 aliphatic carbocycles. The number of nitro groups is 1. The fraction of sp³-hybridized carbons (Fsp3) is 0.462. The van der Waals surface area contributed by atoms with Gasteiger partial charge in [-0.2, -0.15) is 0 Å². The normalized spacial score (nSPS) is 9.45. The maximum absolute atomic E-state index is 10.9. The molecule has 112 valence electrons. The van der Waals surface area contributed by atoms with Crippen LogP contribution >= 0.6 is 24.0 Å². The average molecular weight is 392 g/mol. The smallest absolute Gasteiger partial charge is 0.272 e. The Bertz CT molecular complexity index is 491. The second-order valence-corrected chi connectivity index (χ2v) is 4.72. The van der Waals surface area contributed by atoms with Gasteiger partial charge >= 0.3 is 0 Å². The minimum absolute atomic E-state index is 0. The number of nitrogens with zero attached hydrogens (tertiary/aromatic N) is 4. The molecule has 20 heavy (non-hydrogen) atoms. The predicted octanol–water partition coefficient (Wildman–Crippen LogP) is 2.50. The Balaban J connectivity index is 0.00000361. The number of guanidine groups is 1. The van der Waals surface area contributed by atoms with E-state index in [1.807, 2.05) is 44.1 Å². The minimum Gasteiger partial charge on any atom is -0.349 e. The third-order valence-corrected chi connectivity index (χ3v) is 2.80. The molecule has 0 saturated carbocycles. The first-order valence-electron chi connectivity index (χ1n) is 5.96. The lowest BCUT2D eigenvalue weighted by molar-refractivity contribution is -0.385. The lowest BCUT2D eigenvalue weighted by atomic mass is 10.1. The summed E-state index contributed by atoms with van der Waals surface area (Å²) in [6, 6.07) is 5.08. The van der Waals surface area contributed by atoms with Crippen molar-refractivity contribution in [3.8, 4) is 0 Å². The van der Waals surface area contributed by atoms with E-state index in [1.165, 1.54) is 6.07 Å². The molecule has 0 atom stereocenters. The molecule has 0 amide bonds. The van der Waals surface area contributed by atoms with Gasteiger partial charge in [0.25, 0.3) is 5.69 Å². The summed E-state index contributed by atoms with van der Waals surface area (Å²) < 4.78 is 0. The Labute approximate surface area is 136 Å². The van der Waals surface area contributed by atoms with E-state index in [-0.39, 0.29) is 34.6 Å². The summed E-state index contributed by atoms with van der Waals surface area (Å²) in [4.78, 5) is 18.8. The van der Waals surface area contributed by atoms with E-state index >= 15 is 0 Å². The van der Waals surface area contributed by atoms with Crippen LogP contribution in [0.3, 0.4) is 0 Å². The topological polar surface area (TPSA) is 62.0 Å². The lowest BCUT2D eigenvalue weighted by Gasteiger charge is -2.22. The fourth-order valence-corrected chi connectivity index (χ4v) is 1.88.